The van der Waals surface area contributed by atoms with Crippen LogP contribution in [0, 0.1) is 6.92 Å². The first-order valence-electron chi connectivity index (χ1n) is 5.47. The lowest BCUT2D eigenvalue weighted by atomic mass is 10.2. The molecule has 0 fully saturated rings. The minimum absolute atomic E-state index is 0.0958. The molecule has 0 atom stereocenters. The Hall–Kier alpha value is -1.93. The van der Waals surface area contributed by atoms with Gasteiger partial charge in [-0.25, -0.2) is 18.5 Å². The predicted molar refractivity (Wildman–Crippen MR) is 67.9 cm³/mol. The van der Waals surface area contributed by atoms with Crippen LogP contribution in [0.1, 0.15) is 11.4 Å². The second kappa shape index (κ2) is 4.98. The molecule has 0 saturated heterocycles. The predicted octanol–water partition coefficient (Wildman–Crippen LogP) is 0.350. The lowest BCUT2D eigenvalue weighted by molar-refractivity contribution is 0.289. The summed E-state index contributed by atoms with van der Waals surface area (Å²) in [5.41, 5.74) is 0.540. The van der Waals surface area contributed by atoms with E-state index in [1.54, 1.807) is 30.8 Å². The van der Waals surface area contributed by atoms with Gasteiger partial charge in [0, 0.05) is 7.05 Å². The Kier molecular flexibility index (Phi) is 3.54. The zero-order valence-electron chi connectivity index (χ0n) is 10.6. The highest BCUT2D eigenvalue weighted by Gasteiger charge is 2.12. The van der Waals surface area contributed by atoms with Crippen LogP contribution in [-0.2, 0) is 23.7 Å². The maximum absolute atomic E-state index is 11.3. The summed E-state index contributed by atoms with van der Waals surface area (Å²) in [6.45, 7) is 1.92. The molecule has 0 aliphatic carbocycles. The van der Waals surface area contributed by atoms with Crippen molar-refractivity contribution in [3.8, 4) is 5.75 Å². The van der Waals surface area contributed by atoms with E-state index in [-0.39, 0.29) is 11.5 Å². The van der Waals surface area contributed by atoms with Crippen molar-refractivity contribution in [2.75, 3.05) is 0 Å². The summed E-state index contributed by atoms with van der Waals surface area (Å²) < 4.78 is 29.7. The molecule has 0 unspecified atom stereocenters. The van der Waals surface area contributed by atoms with Gasteiger partial charge in [-0.3, -0.25) is 4.68 Å². The molecule has 0 aliphatic heterocycles. The Morgan fingerprint density at radius 1 is 1.42 bits per heavy atom. The molecular weight excluding hydrogens is 268 g/mol. The molecule has 0 radical (unpaired) electrons. The normalized spacial score (nSPS) is 11.5. The van der Waals surface area contributed by atoms with E-state index in [4.69, 9.17) is 9.88 Å². The first-order valence-corrected chi connectivity index (χ1v) is 7.01. The number of aromatic nitrogens is 3. The molecule has 0 amide bonds. The molecule has 1 aromatic carbocycles. The molecule has 19 heavy (non-hydrogen) atoms. The van der Waals surface area contributed by atoms with Gasteiger partial charge in [-0.2, -0.15) is 5.10 Å². The van der Waals surface area contributed by atoms with Crippen LogP contribution < -0.4 is 9.88 Å². The minimum atomic E-state index is -3.70. The maximum Gasteiger partial charge on any atom is 0.238 e. The van der Waals surface area contributed by atoms with Crippen molar-refractivity contribution in [3.63, 3.8) is 0 Å². The second-order valence-electron chi connectivity index (χ2n) is 4.06. The molecule has 1 aromatic heterocycles. The first-order chi connectivity index (χ1) is 8.88. The average Bonchev–Trinajstić information content (AvgIpc) is 2.70. The number of rotatable bonds is 4. The summed E-state index contributed by atoms with van der Waals surface area (Å²) in [5, 5.41) is 9.01. The van der Waals surface area contributed by atoms with E-state index in [0.717, 1.165) is 0 Å². The standard InChI is InChI=1S/C11H14N4O3S/c1-8-5-9(3-4-10(8)19(12,16)17)18-6-11-13-7-14-15(11)2/h3-5,7H,6H2,1-2H3,(H2,12,16,17). The maximum atomic E-state index is 11.3. The van der Waals surface area contributed by atoms with Crippen LogP contribution in [0.4, 0.5) is 0 Å². The van der Waals surface area contributed by atoms with E-state index in [1.807, 2.05) is 0 Å². The molecular formula is C11H14N4O3S. The largest absolute Gasteiger partial charge is 0.486 e. The van der Waals surface area contributed by atoms with Gasteiger partial charge in [0.1, 0.15) is 18.7 Å². The summed E-state index contributed by atoms with van der Waals surface area (Å²) in [4.78, 5) is 4.12. The Bertz CT molecular complexity index is 694. The molecule has 0 aliphatic rings. The highest BCUT2D eigenvalue weighted by atomic mass is 32.2. The Balaban J connectivity index is 2.15. The fraction of sp³-hybridized carbons (Fsp3) is 0.273. The highest BCUT2D eigenvalue weighted by Crippen LogP contribution is 2.20. The smallest absolute Gasteiger partial charge is 0.238 e. The summed E-state index contributed by atoms with van der Waals surface area (Å²) in [6.07, 6.45) is 1.44. The number of sulfonamides is 1. The molecule has 1 heterocycles. The lowest BCUT2D eigenvalue weighted by Gasteiger charge is -2.08. The van der Waals surface area contributed by atoms with Gasteiger partial charge < -0.3 is 4.74 Å². The third kappa shape index (κ3) is 3.09. The van der Waals surface area contributed by atoms with Crippen LogP contribution in [0.25, 0.3) is 0 Å². The van der Waals surface area contributed by atoms with Crippen molar-refractivity contribution in [3.05, 3.63) is 35.9 Å². The van der Waals surface area contributed by atoms with E-state index in [0.29, 0.717) is 17.1 Å². The Morgan fingerprint density at radius 3 is 2.68 bits per heavy atom. The lowest BCUT2D eigenvalue weighted by Crippen LogP contribution is -2.13. The van der Waals surface area contributed by atoms with Crippen LogP contribution >= 0.6 is 0 Å². The molecule has 2 N–H and O–H groups in total. The second-order valence-corrected chi connectivity index (χ2v) is 5.59. The SMILES string of the molecule is Cc1cc(OCc2ncnn2C)ccc1S(N)(=O)=O. The van der Waals surface area contributed by atoms with Crippen molar-refractivity contribution in [2.24, 2.45) is 12.2 Å². The fourth-order valence-electron chi connectivity index (χ4n) is 1.63. The molecule has 2 rings (SSSR count). The highest BCUT2D eigenvalue weighted by molar-refractivity contribution is 7.89. The number of benzene rings is 1. The van der Waals surface area contributed by atoms with Gasteiger partial charge in [0.05, 0.1) is 4.90 Å². The summed E-state index contributed by atoms with van der Waals surface area (Å²) >= 11 is 0. The Labute approximate surface area is 111 Å². The quantitative estimate of drug-likeness (QED) is 0.872. The fourth-order valence-corrected chi connectivity index (χ4v) is 2.40. The van der Waals surface area contributed by atoms with E-state index in [9.17, 15) is 8.42 Å². The monoisotopic (exact) mass is 282 g/mol. The number of hydrogen-bond donors (Lipinski definition) is 1. The van der Waals surface area contributed by atoms with Crippen molar-refractivity contribution in [2.45, 2.75) is 18.4 Å². The van der Waals surface area contributed by atoms with E-state index in [2.05, 4.69) is 10.1 Å². The van der Waals surface area contributed by atoms with Gasteiger partial charge >= 0.3 is 0 Å². The molecule has 0 bridgehead atoms. The van der Waals surface area contributed by atoms with Gasteiger partial charge in [0.15, 0.2) is 5.82 Å². The average molecular weight is 282 g/mol. The zero-order valence-corrected chi connectivity index (χ0v) is 11.4. The Morgan fingerprint density at radius 2 is 2.16 bits per heavy atom. The first kappa shape index (κ1) is 13.5. The van der Waals surface area contributed by atoms with Crippen LogP contribution in [0.2, 0.25) is 0 Å². The van der Waals surface area contributed by atoms with Gasteiger partial charge in [-0.15, -0.1) is 0 Å². The van der Waals surface area contributed by atoms with Crippen LogP contribution in [0.3, 0.4) is 0 Å². The number of hydrogen-bond acceptors (Lipinski definition) is 5. The molecule has 0 saturated carbocycles. The molecule has 0 spiro atoms. The van der Waals surface area contributed by atoms with Gasteiger partial charge in [0.25, 0.3) is 0 Å². The summed E-state index contributed by atoms with van der Waals surface area (Å²) in [5.74, 6) is 1.22. The van der Waals surface area contributed by atoms with Gasteiger partial charge in [-0.05, 0) is 30.7 Å². The van der Waals surface area contributed by atoms with Crippen molar-refractivity contribution in [1.29, 1.82) is 0 Å². The number of nitrogens with two attached hydrogens (primary N) is 1. The molecule has 2 aromatic rings. The summed E-state index contributed by atoms with van der Waals surface area (Å²) in [7, 11) is -1.93. The van der Waals surface area contributed by atoms with Gasteiger partial charge in [-0.1, -0.05) is 0 Å². The molecule has 8 heteroatoms. The molecule has 7 nitrogen and oxygen atoms in total. The van der Waals surface area contributed by atoms with Crippen LogP contribution in [0.5, 0.6) is 5.75 Å². The van der Waals surface area contributed by atoms with E-state index < -0.39 is 10.0 Å². The van der Waals surface area contributed by atoms with Gasteiger partial charge in [0.2, 0.25) is 10.0 Å². The number of nitrogens with zero attached hydrogens (tertiary/aromatic N) is 3. The number of primary sulfonamides is 1. The third-order valence-electron chi connectivity index (χ3n) is 2.63. The van der Waals surface area contributed by atoms with E-state index >= 15 is 0 Å². The van der Waals surface area contributed by atoms with Crippen LogP contribution in [-0.4, -0.2) is 23.2 Å². The third-order valence-corrected chi connectivity index (χ3v) is 3.70. The topological polar surface area (TPSA) is 100 Å². The van der Waals surface area contributed by atoms with Crippen LogP contribution in [0.15, 0.2) is 29.4 Å². The van der Waals surface area contributed by atoms with Crippen molar-refractivity contribution < 1.29 is 13.2 Å². The van der Waals surface area contributed by atoms with Crippen molar-refractivity contribution >= 4 is 10.0 Å². The number of ether oxygens (including phenoxy) is 1. The summed E-state index contributed by atoms with van der Waals surface area (Å²) in [6, 6.07) is 4.61. The minimum Gasteiger partial charge on any atom is -0.486 e. The molecule has 102 valence electrons. The number of aryl methyl sites for hydroxylation is 2. The van der Waals surface area contributed by atoms with Crippen molar-refractivity contribution in [1.82, 2.24) is 14.8 Å². The van der Waals surface area contributed by atoms with E-state index in [1.165, 1.54) is 12.4 Å². The zero-order chi connectivity index (χ0) is 14.0.